The highest BCUT2D eigenvalue weighted by Crippen LogP contribution is 2.27. The molecule has 3 aromatic rings. The van der Waals surface area contributed by atoms with Gasteiger partial charge in [-0.05, 0) is 81.3 Å². The van der Waals surface area contributed by atoms with Gasteiger partial charge in [0.1, 0.15) is 6.54 Å². The largest absolute Gasteiger partial charge is 0.406 e. The molecule has 11 heteroatoms. The van der Waals surface area contributed by atoms with E-state index in [-0.39, 0.29) is 12.5 Å². The second-order valence-electron chi connectivity index (χ2n) is 12.5. The highest BCUT2D eigenvalue weighted by molar-refractivity contribution is 5.83. The number of carbonyl (C=O) groups is 1. The molecular formula is C34H40F3N7O. The standard InChI is InChI=1S/C34H40F3N7O/c1-33(2,23-38)31-10-8-28(21-41-31)39-13-5-6-29-19-26-18-25(7-9-30(26)44(29)24-34(35,36)37)20-40-27-11-16-42(17-12-27)22-32(45)43-14-3-4-15-43/h7-10,18-19,21,27,39-40H,3-4,11-17,20,22,24H2,1-2H3. The summed E-state index contributed by atoms with van der Waals surface area (Å²) in [4.78, 5) is 21.0. The van der Waals surface area contributed by atoms with Gasteiger partial charge in [-0.15, -0.1) is 0 Å². The summed E-state index contributed by atoms with van der Waals surface area (Å²) in [5, 5.41) is 16.7. The number of nitrogens with one attached hydrogen (secondary N) is 2. The average molecular weight is 620 g/mol. The van der Waals surface area contributed by atoms with Crippen molar-refractivity contribution >= 4 is 22.5 Å². The summed E-state index contributed by atoms with van der Waals surface area (Å²) in [6.07, 6.45) is 1.32. The van der Waals surface area contributed by atoms with Gasteiger partial charge in [-0.3, -0.25) is 14.7 Å². The molecule has 5 rings (SSSR count). The maximum Gasteiger partial charge on any atom is 0.406 e. The van der Waals surface area contributed by atoms with Crippen LogP contribution in [-0.4, -0.2) is 76.7 Å². The van der Waals surface area contributed by atoms with Crippen LogP contribution in [0.5, 0.6) is 0 Å². The van der Waals surface area contributed by atoms with Crippen LogP contribution in [0.1, 0.15) is 56.5 Å². The van der Waals surface area contributed by atoms with Crippen molar-refractivity contribution < 1.29 is 18.0 Å². The molecule has 0 spiro atoms. The summed E-state index contributed by atoms with van der Waals surface area (Å²) >= 11 is 0. The van der Waals surface area contributed by atoms with Gasteiger partial charge in [-0.1, -0.05) is 12.0 Å². The minimum Gasteiger partial charge on any atom is -0.373 e. The Hall–Kier alpha value is -4.06. The quantitative estimate of drug-likeness (QED) is 0.327. The lowest BCUT2D eigenvalue weighted by atomic mass is 9.91. The van der Waals surface area contributed by atoms with E-state index in [1.54, 1.807) is 44.3 Å². The first-order valence-corrected chi connectivity index (χ1v) is 15.5. The predicted molar refractivity (Wildman–Crippen MR) is 168 cm³/mol. The van der Waals surface area contributed by atoms with Crippen LogP contribution < -0.4 is 10.6 Å². The summed E-state index contributed by atoms with van der Waals surface area (Å²) < 4.78 is 41.8. The second-order valence-corrected chi connectivity index (χ2v) is 12.5. The molecule has 45 heavy (non-hydrogen) atoms. The smallest absolute Gasteiger partial charge is 0.373 e. The number of alkyl halides is 3. The molecule has 2 fully saturated rings. The Balaban J connectivity index is 1.18. The molecule has 0 atom stereocenters. The Morgan fingerprint density at radius 1 is 1.07 bits per heavy atom. The molecule has 2 N–H and O–H groups in total. The fourth-order valence-electron chi connectivity index (χ4n) is 5.91. The number of nitrogens with zero attached hydrogens (tertiary/aromatic N) is 5. The number of piperidine rings is 1. The van der Waals surface area contributed by atoms with E-state index < -0.39 is 18.1 Å². The number of benzene rings is 1. The number of likely N-dealkylation sites (tertiary alicyclic amines) is 2. The van der Waals surface area contributed by atoms with E-state index in [0.29, 0.717) is 47.1 Å². The summed E-state index contributed by atoms with van der Waals surface area (Å²) in [6, 6.07) is 13.4. The molecule has 2 aliphatic heterocycles. The van der Waals surface area contributed by atoms with Crippen molar-refractivity contribution in [3.8, 4) is 17.9 Å². The molecule has 8 nitrogen and oxygen atoms in total. The minimum atomic E-state index is -4.39. The molecule has 2 saturated heterocycles. The molecule has 2 aliphatic rings. The topological polar surface area (TPSA) is 89.2 Å². The molecule has 0 saturated carbocycles. The molecule has 0 unspecified atom stereocenters. The molecule has 0 bridgehead atoms. The van der Waals surface area contributed by atoms with Gasteiger partial charge in [0.05, 0.1) is 47.8 Å². The maximum atomic E-state index is 13.5. The van der Waals surface area contributed by atoms with E-state index >= 15 is 0 Å². The number of nitriles is 1. The Morgan fingerprint density at radius 2 is 1.82 bits per heavy atom. The SMILES string of the molecule is CC(C)(C#N)c1ccc(NCC#Cc2cc3cc(CNC4CCN(CC(=O)N5CCCC5)CC4)ccc3n2CC(F)(F)F)cn1. The van der Waals surface area contributed by atoms with E-state index in [1.807, 2.05) is 17.0 Å². The lowest BCUT2D eigenvalue weighted by Gasteiger charge is -2.33. The van der Waals surface area contributed by atoms with Crippen molar-refractivity contribution in [3.63, 3.8) is 0 Å². The number of rotatable bonds is 9. The third kappa shape index (κ3) is 8.56. The highest BCUT2D eigenvalue weighted by Gasteiger charge is 2.30. The van der Waals surface area contributed by atoms with E-state index in [1.165, 1.54) is 4.57 Å². The van der Waals surface area contributed by atoms with E-state index in [9.17, 15) is 23.2 Å². The van der Waals surface area contributed by atoms with Crippen LogP contribution >= 0.6 is 0 Å². The number of pyridine rings is 1. The monoisotopic (exact) mass is 619 g/mol. The normalized spacial score (nSPS) is 16.4. The zero-order valence-corrected chi connectivity index (χ0v) is 25.9. The van der Waals surface area contributed by atoms with Gasteiger partial charge in [0, 0.05) is 49.7 Å². The van der Waals surface area contributed by atoms with E-state index in [0.717, 1.165) is 57.4 Å². The number of carbonyl (C=O) groups excluding carboxylic acids is 1. The van der Waals surface area contributed by atoms with Crippen LogP contribution in [0.2, 0.25) is 0 Å². The molecule has 1 amide bonds. The fourth-order valence-corrected chi connectivity index (χ4v) is 5.91. The third-order valence-corrected chi connectivity index (χ3v) is 8.58. The predicted octanol–water partition coefficient (Wildman–Crippen LogP) is 5.04. The number of hydrogen-bond donors (Lipinski definition) is 2. The first-order chi connectivity index (χ1) is 21.5. The van der Waals surface area contributed by atoms with Crippen LogP contribution in [0.25, 0.3) is 10.9 Å². The first-order valence-electron chi connectivity index (χ1n) is 15.5. The summed E-state index contributed by atoms with van der Waals surface area (Å²) in [5.74, 6) is 6.09. The van der Waals surface area contributed by atoms with E-state index in [2.05, 4.69) is 38.4 Å². The van der Waals surface area contributed by atoms with E-state index in [4.69, 9.17) is 0 Å². The van der Waals surface area contributed by atoms with Crippen LogP contribution in [0.3, 0.4) is 0 Å². The first kappa shape index (κ1) is 32.3. The van der Waals surface area contributed by atoms with Gasteiger partial charge in [0.15, 0.2) is 0 Å². The molecule has 4 heterocycles. The van der Waals surface area contributed by atoms with Gasteiger partial charge < -0.3 is 20.1 Å². The molecule has 238 valence electrons. The molecule has 1 aromatic carbocycles. The van der Waals surface area contributed by atoms with Gasteiger partial charge in [0.25, 0.3) is 0 Å². The van der Waals surface area contributed by atoms with Gasteiger partial charge in [-0.25, -0.2) is 0 Å². The number of halogens is 3. The molecular weight excluding hydrogens is 579 g/mol. The number of hydrogen-bond acceptors (Lipinski definition) is 6. The zero-order chi connectivity index (χ0) is 32.0. The van der Waals surface area contributed by atoms with Crippen molar-refractivity contribution in [2.75, 3.05) is 44.6 Å². The van der Waals surface area contributed by atoms with Crippen molar-refractivity contribution in [3.05, 3.63) is 59.5 Å². The average Bonchev–Trinajstić information content (AvgIpc) is 3.67. The second kappa shape index (κ2) is 13.9. The fraction of sp³-hybridized carbons (Fsp3) is 0.500. The zero-order valence-electron chi connectivity index (χ0n) is 25.9. The summed E-state index contributed by atoms with van der Waals surface area (Å²) in [5.41, 5.74) is 2.44. The van der Waals surface area contributed by atoms with Crippen LogP contribution in [0, 0.1) is 23.2 Å². The van der Waals surface area contributed by atoms with Gasteiger partial charge in [0.2, 0.25) is 5.91 Å². The lowest BCUT2D eigenvalue weighted by Crippen LogP contribution is -2.46. The number of fused-ring (bicyclic) bond motifs is 1. The number of anilines is 1. The highest BCUT2D eigenvalue weighted by atomic mass is 19.4. The van der Waals surface area contributed by atoms with Crippen LogP contribution in [0.15, 0.2) is 42.6 Å². The van der Waals surface area contributed by atoms with Gasteiger partial charge in [-0.2, -0.15) is 18.4 Å². The Bertz CT molecular complexity index is 1580. The Kier molecular flexibility index (Phi) is 10.0. The Morgan fingerprint density at radius 3 is 2.49 bits per heavy atom. The van der Waals surface area contributed by atoms with Crippen molar-refractivity contribution in [2.24, 2.45) is 0 Å². The van der Waals surface area contributed by atoms with Crippen LogP contribution in [-0.2, 0) is 23.3 Å². The number of amides is 1. The Labute approximate surface area is 262 Å². The molecule has 0 aliphatic carbocycles. The van der Waals surface area contributed by atoms with Crippen molar-refractivity contribution in [1.82, 2.24) is 24.7 Å². The van der Waals surface area contributed by atoms with Crippen LogP contribution in [0.4, 0.5) is 18.9 Å². The third-order valence-electron chi connectivity index (χ3n) is 8.58. The van der Waals surface area contributed by atoms with Crippen molar-refractivity contribution in [1.29, 1.82) is 5.26 Å². The summed E-state index contributed by atoms with van der Waals surface area (Å²) in [7, 11) is 0. The lowest BCUT2D eigenvalue weighted by molar-refractivity contribution is -0.140. The van der Waals surface area contributed by atoms with Gasteiger partial charge >= 0.3 is 6.18 Å². The minimum absolute atomic E-state index is 0.219. The number of aromatic nitrogens is 2. The molecule has 2 aromatic heterocycles. The molecule has 0 radical (unpaired) electrons. The van der Waals surface area contributed by atoms with Crippen molar-refractivity contribution in [2.45, 2.75) is 70.3 Å². The summed E-state index contributed by atoms with van der Waals surface area (Å²) in [6.45, 7) is 7.28. The maximum absolute atomic E-state index is 13.5.